The van der Waals surface area contributed by atoms with Crippen molar-refractivity contribution < 1.29 is 4.79 Å². The van der Waals surface area contributed by atoms with Gasteiger partial charge in [-0.15, -0.1) is 11.3 Å². The second-order valence-electron chi connectivity index (χ2n) is 6.21. The van der Waals surface area contributed by atoms with Gasteiger partial charge in [0.1, 0.15) is 0 Å². The first-order chi connectivity index (χ1) is 12.8. The van der Waals surface area contributed by atoms with E-state index < -0.39 is 0 Å². The Balaban J connectivity index is 1.21. The third-order valence-corrected chi connectivity index (χ3v) is 5.43. The Bertz CT molecular complexity index is 1000. The summed E-state index contributed by atoms with van der Waals surface area (Å²) < 4.78 is 3.30. The standard InChI is InChI=1S/C20H20N4OS/c25-19(10-11-20-23-16-7-2-4-9-18(16)26-20)21-12-5-13-24-14-22-15-6-1-3-8-17(15)24/h1-4,6-9,14H,5,10-13H2,(H,21,25). The van der Waals surface area contributed by atoms with E-state index in [2.05, 4.69) is 32.0 Å². The van der Waals surface area contributed by atoms with Crippen LogP contribution in [0.15, 0.2) is 54.9 Å². The highest BCUT2D eigenvalue weighted by molar-refractivity contribution is 7.18. The summed E-state index contributed by atoms with van der Waals surface area (Å²) in [5.41, 5.74) is 3.16. The average Bonchev–Trinajstić information content (AvgIpc) is 3.27. The minimum Gasteiger partial charge on any atom is -0.356 e. The van der Waals surface area contributed by atoms with E-state index >= 15 is 0 Å². The summed E-state index contributed by atoms with van der Waals surface area (Å²) in [4.78, 5) is 21.0. The first kappa shape index (κ1) is 16.7. The molecular formula is C20H20N4OS. The van der Waals surface area contributed by atoms with Crippen LogP contribution in [0.3, 0.4) is 0 Å². The monoisotopic (exact) mass is 364 g/mol. The number of amides is 1. The van der Waals surface area contributed by atoms with Gasteiger partial charge in [0.05, 0.1) is 32.6 Å². The van der Waals surface area contributed by atoms with Crippen LogP contribution in [0, 0.1) is 0 Å². The molecule has 5 nitrogen and oxygen atoms in total. The predicted molar refractivity (Wildman–Crippen MR) is 105 cm³/mol. The molecule has 0 aliphatic heterocycles. The quantitative estimate of drug-likeness (QED) is 0.508. The molecule has 4 rings (SSSR count). The summed E-state index contributed by atoms with van der Waals surface area (Å²) in [7, 11) is 0. The Kier molecular flexibility index (Phi) is 4.93. The van der Waals surface area contributed by atoms with E-state index in [-0.39, 0.29) is 5.91 Å². The van der Waals surface area contributed by atoms with E-state index in [1.54, 1.807) is 11.3 Å². The van der Waals surface area contributed by atoms with Gasteiger partial charge in [-0.3, -0.25) is 4.79 Å². The smallest absolute Gasteiger partial charge is 0.220 e. The van der Waals surface area contributed by atoms with Gasteiger partial charge >= 0.3 is 0 Å². The van der Waals surface area contributed by atoms with Gasteiger partial charge in [-0.1, -0.05) is 24.3 Å². The van der Waals surface area contributed by atoms with Crippen LogP contribution in [0.5, 0.6) is 0 Å². The SMILES string of the molecule is O=C(CCc1nc2ccccc2s1)NCCCn1cnc2ccccc21. The normalized spacial score (nSPS) is 11.2. The topological polar surface area (TPSA) is 59.8 Å². The maximum Gasteiger partial charge on any atom is 0.220 e. The number of nitrogens with one attached hydrogen (secondary N) is 1. The molecule has 0 saturated carbocycles. The van der Waals surface area contributed by atoms with Crippen molar-refractivity contribution in [1.29, 1.82) is 0 Å². The summed E-state index contributed by atoms with van der Waals surface area (Å²) in [6, 6.07) is 16.2. The average molecular weight is 364 g/mol. The molecule has 2 aromatic heterocycles. The van der Waals surface area contributed by atoms with Crippen LogP contribution in [0.1, 0.15) is 17.8 Å². The number of hydrogen-bond acceptors (Lipinski definition) is 4. The molecule has 0 bridgehead atoms. The van der Waals surface area contributed by atoms with Crippen LogP contribution in [-0.2, 0) is 17.8 Å². The van der Waals surface area contributed by atoms with Gasteiger partial charge in [0.2, 0.25) is 5.91 Å². The van der Waals surface area contributed by atoms with Crippen LogP contribution in [0.4, 0.5) is 0 Å². The first-order valence-electron chi connectivity index (χ1n) is 8.80. The van der Waals surface area contributed by atoms with Crippen LogP contribution in [-0.4, -0.2) is 27.0 Å². The first-order valence-corrected chi connectivity index (χ1v) is 9.62. The Hall–Kier alpha value is -2.73. The lowest BCUT2D eigenvalue weighted by Crippen LogP contribution is -2.25. The molecule has 6 heteroatoms. The zero-order chi connectivity index (χ0) is 17.8. The van der Waals surface area contributed by atoms with E-state index in [4.69, 9.17) is 0 Å². The molecule has 0 aliphatic rings. The van der Waals surface area contributed by atoms with Crippen molar-refractivity contribution in [2.45, 2.75) is 25.8 Å². The molecule has 2 heterocycles. The number of para-hydroxylation sites is 3. The largest absolute Gasteiger partial charge is 0.356 e. The molecule has 26 heavy (non-hydrogen) atoms. The Morgan fingerprint density at radius 1 is 1.08 bits per heavy atom. The van der Waals surface area contributed by atoms with E-state index in [1.807, 2.05) is 42.7 Å². The van der Waals surface area contributed by atoms with Gasteiger partial charge in [-0.25, -0.2) is 9.97 Å². The van der Waals surface area contributed by atoms with E-state index in [9.17, 15) is 4.79 Å². The fourth-order valence-corrected chi connectivity index (χ4v) is 3.97. The van der Waals surface area contributed by atoms with Gasteiger partial charge in [0.15, 0.2) is 0 Å². The molecule has 0 fully saturated rings. The van der Waals surface area contributed by atoms with Crippen molar-refractivity contribution in [1.82, 2.24) is 19.9 Å². The minimum absolute atomic E-state index is 0.0831. The van der Waals surface area contributed by atoms with Crippen LogP contribution in [0.25, 0.3) is 21.3 Å². The number of thiazole rings is 1. The molecule has 132 valence electrons. The van der Waals surface area contributed by atoms with Crippen molar-refractivity contribution in [2.24, 2.45) is 0 Å². The fraction of sp³-hybridized carbons (Fsp3) is 0.250. The molecule has 4 aromatic rings. The Morgan fingerprint density at radius 2 is 1.88 bits per heavy atom. The molecule has 0 unspecified atom stereocenters. The van der Waals surface area contributed by atoms with Gasteiger partial charge in [-0.05, 0) is 30.7 Å². The Labute approximate surface area is 155 Å². The third-order valence-electron chi connectivity index (χ3n) is 4.33. The van der Waals surface area contributed by atoms with Crippen molar-refractivity contribution >= 4 is 38.5 Å². The van der Waals surface area contributed by atoms with E-state index in [0.29, 0.717) is 19.4 Å². The van der Waals surface area contributed by atoms with Crippen molar-refractivity contribution in [2.75, 3.05) is 6.54 Å². The zero-order valence-corrected chi connectivity index (χ0v) is 15.2. The van der Waals surface area contributed by atoms with E-state index in [0.717, 1.165) is 34.5 Å². The number of benzene rings is 2. The highest BCUT2D eigenvalue weighted by Crippen LogP contribution is 2.22. The number of aromatic nitrogens is 3. The summed E-state index contributed by atoms with van der Waals surface area (Å²) >= 11 is 1.67. The molecule has 0 atom stereocenters. The summed E-state index contributed by atoms with van der Waals surface area (Å²) in [5, 5.41) is 4.02. The van der Waals surface area contributed by atoms with Crippen LogP contribution < -0.4 is 5.32 Å². The van der Waals surface area contributed by atoms with Crippen molar-refractivity contribution in [3.05, 3.63) is 59.9 Å². The second-order valence-corrected chi connectivity index (χ2v) is 7.32. The van der Waals surface area contributed by atoms with Gasteiger partial charge in [-0.2, -0.15) is 0 Å². The van der Waals surface area contributed by atoms with E-state index in [1.165, 1.54) is 4.70 Å². The second kappa shape index (κ2) is 7.66. The number of fused-ring (bicyclic) bond motifs is 2. The van der Waals surface area contributed by atoms with Gasteiger partial charge in [0.25, 0.3) is 0 Å². The summed E-state index contributed by atoms with van der Waals surface area (Å²) in [6.07, 6.45) is 3.91. The number of hydrogen-bond donors (Lipinski definition) is 1. The number of nitrogens with zero attached hydrogens (tertiary/aromatic N) is 3. The fourth-order valence-electron chi connectivity index (χ4n) is 3.00. The highest BCUT2D eigenvalue weighted by atomic mass is 32.1. The zero-order valence-electron chi connectivity index (χ0n) is 14.4. The van der Waals surface area contributed by atoms with Crippen LogP contribution in [0.2, 0.25) is 0 Å². The molecule has 0 aliphatic carbocycles. The molecule has 1 N–H and O–H groups in total. The van der Waals surface area contributed by atoms with Crippen molar-refractivity contribution in [3.63, 3.8) is 0 Å². The summed E-state index contributed by atoms with van der Waals surface area (Å²) in [5.74, 6) is 0.0831. The maximum atomic E-state index is 12.1. The Morgan fingerprint density at radius 3 is 2.77 bits per heavy atom. The number of rotatable bonds is 7. The predicted octanol–water partition coefficient (Wildman–Crippen LogP) is 3.79. The highest BCUT2D eigenvalue weighted by Gasteiger charge is 2.07. The third kappa shape index (κ3) is 3.75. The van der Waals surface area contributed by atoms with Gasteiger partial charge in [0, 0.05) is 25.9 Å². The molecule has 2 aromatic carbocycles. The number of carbonyl (C=O) groups excluding carboxylic acids is 1. The van der Waals surface area contributed by atoms with Crippen LogP contribution >= 0.6 is 11.3 Å². The summed E-state index contributed by atoms with van der Waals surface area (Å²) in [6.45, 7) is 1.52. The van der Waals surface area contributed by atoms with Gasteiger partial charge < -0.3 is 9.88 Å². The lowest BCUT2D eigenvalue weighted by atomic mass is 10.3. The molecular weight excluding hydrogens is 344 g/mol. The lowest BCUT2D eigenvalue weighted by molar-refractivity contribution is -0.121. The molecule has 0 saturated heterocycles. The van der Waals surface area contributed by atoms with Crippen molar-refractivity contribution in [3.8, 4) is 0 Å². The minimum atomic E-state index is 0.0831. The molecule has 1 amide bonds. The molecule has 0 radical (unpaired) electrons. The number of imidazole rings is 1. The maximum absolute atomic E-state index is 12.1. The number of carbonyl (C=O) groups is 1. The lowest BCUT2D eigenvalue weighted by Gasteiger charge is -2.06. The molecule has 0 spiro atoms. The number of aryl methyl sites for hydroxylation is 2.